The Hall–Kier alpha value is -2.41. The van der Waals surface area contributed by atoms with Crippen molar-refractivity contribution in [1.82, 2.24) is 15.1 Å². The van der Waals surface area contributed by atoms with Gasteiger partial charge >= 0.3 is 0 Å². The van der Waals surface area contributed by atoms with E-state index in [1.165, 1.54) is 38.9 Å². The summed E-state index contributed by atoms with van der Waals surface area (Å²) in [6.07, 6.45) is 5.28. The largest absolute Gasteiger partial charge is 0.371 e. The molecule has 4 aliphatic rings. The molecule has 7 heteroatoms. The minimum Gasteiger partial charge on any atom is -0.371 e. The number of benzene rings is 1. The number of likely N-dealkylation sites (N-methyl/N-ethyl adjacent to an activating group) is 1. The lowest BCUT2D eigenvalue weighted by atomic mass is 9.95. The Bertz CT molecular complexity index is 885. The molecule has 3 fully saturated rings. The molecule has 1 aromatic carbocycles. The van der Waals surface area contributed by atoms with E-state index in [2.05, 4.69) is 21.2 Å². The first kappa shape index (κ1) is 21.4. The normalized spacial score (nSPS) is 26.1. The predicted molar refractivity (Wildman–Crippen MR) is 122 cm³/mol. The number of rotatable bonds is 8. The molecule has 0 aromatic heterocycles. The summed E-state index contributed by atoms with van der Waals surface area (Å²) >= 11 is 0. The molecule has 1 aliphatic carbocycles. The molecule has 3 unspecified atom stereocenters. The fourth-order valence-corrected chi connectivity index (χ4v) is 5.96. The molecule has 7 nitrogen and oxygen atoms in total. The average molecular weight is 439 g/mol. The lowest BCUT2D eigenvalue weighted by Crippen LogP contribution is -2.46. The van der Waals surface area contributed by atoms with Crippen LogP contribution in [0.2, 0.25) is 0 Å². The number of anilines is 1. The Labute approximate surface area is 190 Å². The third-order valence-electron chi connectivity index (χ3n) is 7.96. The highest BCUT2D eigenvalue weighted by Gasteiger charge is 2.45. The number of carbonyl (C=O) groups is 3. The van der Waals surface area contributed by atoms with Gasteiger partial charge in [-0.1, -0.05) is 6.07 Å². The Morgan fingerprint density at radius 2 is 1.97 bits per heavy atom. The van der Waals surface area contributed by atoms with Crippen molar-refractivity contribution in [2.45, 2.75) is 44.7 Å². The van der Waals surface area contributed by atoms with Crippen molar-refractivity contribution >= 4 is 23.8 Å². The van der Waals surface area contributed by atoms with Gasteiger partial charge in [-0.05, 0) is 61.1 Å². The summed E-state index contributed by atoms with van der Waals surface area (Å²) in [5.74, 6) is 2.45. The molecule has 2 amide bonds. The van der Waals surface area contributed by atoms with E-state index in [1.54, 1.807) is 11.9 Å². The zero-order valence-corrected chi connectivity index (χ0v) is 19.0. The third-order valence-corrected chi connectivity index (χ3v) is 7.96. The van der Waals surface area contributed by atoms with Crippen LogP contribution in [0, 0.1) is 17.8 Å². The molecule has 3 atom stereocenters. The van der Waals surface area contributed by atoms with Gasteiger partial charge in [0.25, 0.3) is 5.91 Å². The maximum Gasteiger partial charge on any atom is 0.255 e. The van der Waals surface area contributed by atoms with Crippen molar-refractivity contribution in [2.24, 2.45) is 17.8 Å². The number of carbonyl (C=O) groups excluding carboxylic acids is 3. The summed E-state index contributed by atoms with van der Waals surface area (Å²) in [5, 5.41) is 2.64. The number of aldehydes is 1. The second kappa shape index (κ2) is 8.85. The van der Waals surface area contributed by atoms with Crippen molar-refractivity contribution < 1.29 is 14.4 Å². The molecule has 0 radical (unpaired) electrons. The zero-order chi connectivity index (χ0) is 22.2. The summed E-state index contributed by atoms with van der Waals surface area (Å²) in [6, 6.07) is 5.55. The van der Waals surface area contributed by atoms with Gasteiger partial charge in [-0.3, -0.25) is 9.59 Å². The maximum atomic E-state index is 13.2. The molecular weight excluding hydrogens is 404 g/mol. The fourth-order valence-electron chi connectivity index (χ4n) is 5.96. The number of likely N-dealkylation sites (tertiary alicyclic amines) is 1. The molecule has 1 aromatic rings. The number of hydrogen-bond acceptors (Lipinski definition) is 5. The standard InChI is InChI=1S/C25H34N4O3/c1-26-24(31)23(3-2-10-30)29-16-18-4-5-21(12-22(18)25(29)32)28-8-6-17(7-9-28)13-27-14-19-11-20(19)15-27/h4-5,10,12,17,19-20,23H,2-3,6-9,11,13-16H2,1H3,(H,26,31). The van der Waals surface area contributed by atoms with Crippen LogP contribution >= 0.6 is 0 Å². The van der Waals surface area contributed by atoms with E-state index in [9.17, 15) is 14.4 Å². The van der Waals surface area contributed by atoms with E-state index in [4.69, 9.17) is 0 Å². The van der Waals surface area contributed by atoms with Crippen molar-refractivity contribution in [3.63, 3.8) is 0 Å². The summed E-state index contributed by atoms with van der Waals surface area (Å²) in [6.45, 7) is 6.37. The van der Waals surface area contributed by atoms with Crippen LogP contribution in [0.25, 0.3) is 0 Å². The number of amides is 2. The van der Waals surface area contributed by atoms with E-state index >= 15 is 0 Å². The highest BCUT2D eigenvalue weighted by Crippen LogP contribution is 2.45. The van der Waals surface area contributed by atoms with E-state index < -0.39 is 6.04 Å². The molecule has 0 bridgehead atoms. The monoisotopic (exact) mass is 438 g/mol. The molecule has 1 N–H and O–H groups in total. The topological polar surface area (TPSA) is 73.0 Å². The quantitative estimate of drug-likeness (QED) is 0.628. The fraction of sp³-hybridized carbons (Fsp3) is 0.640. The lowest BCUT2D eigenvalue weighted by Gasteiger charge is -2.35. The van der Waals surface area contributed by atoms with Gasteiger partial charge in [0, 0.05) is 64.0 Å². The van der Waals surface area contributed by atoms with Crippen LogP contribution in [0.3, 0.4) is 0 Å². The maximum absolute atomic E-state index is 13.2. The number of nitrogens with zero attached hydrogens (tertiary/aromatic N) is 3. The van der Waals surface area contributed by atoms with Gasteiger partial charge in [0.2, 0.25) is 5.91 Å². The van der Waals surface area contributed by atoms with Crippen LogP contribution in [-0.2, 0) is 16.1 Å². The van der Waals surface area contributed by atoms with Gasteiger partial charge in [0.05, 0.1) is 0 Å². The van der Waals surface area contributed by atoms with Crippen molar-refractivity contribution in [2.75, 3.05) is 44.7 Å². The van der Waals surface area contributed by atoms with Gasteiger partial charge in [-0.25, -0.2) is 0 Å². The second-order valence-electron chi connectivity index (χ2n) is 10.1. The highest BCUT2D eigenvalue weighted by molar-refractivity contribution is 6.01. The summed E-state index contributed by atoms with van der Waals surface area (Å²) in [5.41, 5.74) is 2.76. The Morgan fingerprint density at radius 1 is 1.22 bits per heavy atom. The molecule has 3 heterocycles. The SMILES string of the molecule is CNC(=O)C(CCC=O)N1Cc2ccc(N3CCC(CN4CC5CC5C4)CC3)cc2C1=O. The first-order valence-electron chi connectivity index (χ1n) is 12.1. The number of hydrogen-bond donors (Lipinski definition) is 1. The molecular formula is C25H34N4O3. The summed E-state index contributed by atoms with van der Waals surface area (Å²) in [7, 11) is 1.57. The van der Waals surface area contributed by atoms with Gasteiger partial charge in [-0.2, -0.15) is 0 Å². The van der Waals surface area contributed by atoms with Crippen LogP contribution in [-0.4, -0.2) is 73.7 Å². The predicted octanol–water partition coefficient (Wildman–Crippen LogP) is 1.90. The number of piperidine rings is 2. The Kier molecular flexibility index (Phi) is 5.93. The number of nitrogens with one attached hydrogen (secondary N) is 1. The molecule has 1 saturated carbocycles. The first-order chi connectivity index (χ1) is 15.6. The van der Waals surface area contributed by atoms with Crippen LogP contribution in [0.1, 0.15) is 48.0 Å². The minimum atomic E-state index is -0.610. The second-order valence-corrected chi connectivity index (χ2v) is 10.1. The minimum absolute atomic E-state index is 0.108. The van der Waals surface area contributed by atoms with E-state index in [1.807, 2.05) is 12.1 Å². The third kappa shape index (κ3) is 4.15. The molecule has 32 heavy (non-hydrogen) atoms. The molecule has 3 aliphatic heterocycles. The Balaban J connectivity index is 1.21. The van der Waals surface area contributed by atoms with Gasteiger partial charge < -0.3 is 24.8 Å². The van der Waals surface area contributed by atoms with Crippen molar-refractivity contribution in [3.05, 3.63) is 29.3 Å². The summed E-state index contributed by atoms with van der Waals surface area (Å²) in [4.78, 5) is 43.1. The van der Waals surface area contributed by atoms with E-state index in [0.29, 0.717) is 18.5 Å². The van der Waals surface area contributed by atoms with E-state index in [-0.39, 0.29) is 18.2 Å². The smallest absolute Gasteiger partial charge is 0.255 e. The number of fused-ring (bicyclic) bond motifs is 2. The summed E-state index contributed by atoms with van der Waals surface area (Å²) < 4.78 is 0. The molecule has 0 spiro atoms. The van der Waals surface area contributed by atoms with Crippen molar-refractivity contribution in [1.29, 1.82) is 0 Å². The van der Waals surface area contributed by atoms with Gasteiger partial charge in [0.1, 0.15) is 12.3 Å². The average Bonchev–Trinajstić information content (AvgIpc) is 3.29. The molecule has 172 valence electrons. The van der Waals surface area contributed by atoms with Gasteiger partial charge in [0.15, 0.2) is 0 Å². The van der Waals surface area contributed by atoms with Gasteiger partial charge in [-0.15, -0.1) is 0 Å². The van der Waals surface area contributed by atoms with Crippen LogP contribution in [0.15, 0.2) is 18.2 Å². The Morgan fingerprint density at radius 3 is 2.66 bits per heavy atom. The first-order valence-corrected chi connectivity index (χ1v) is 12.1. The van der Waals surface area contributed by atoms with E-state index in [0.717, 1.165) is 48.4 Å². The van der Waals surface area contributed by atoms with Crippen LogP contribution in [0.5, 0.6) is 0 Å². The molecule has 5 rings (SSSR count). The molecule has 2 saturated heterocycles. The zero-order valence-electron chi connectivity index (χ0n) is 19.0. The van der Waals surface area contributed by atoms with Crippen molar-refractivity contribution in [3.8, 4) is 0 Å². The van der Waals surface area contributed by atoms with Crippen LogP contribution in [0.4, 0.5) is 5.69 Å². The van der Waals surface area contributed by atoms with Crippen LogP contribution < -0.4 is 10.2 Å². The lowest BCUT2D eigenvalue weighted by molar-refractivity contribution is -0.125. The highest BCUT2D eigenvalue weighted by atomic mass is 16.2.